The molecule has 1 aliphatic rings. The van der Waals surface area contributed by atoms with Gasteiger partial charge >= 0.3 is 0 Å². The van der Waals surface area contributed by atoms with Gasteiger partial charge < -0.3 is 15.0 Å². The van der Waals surface area contributed by atoms with E-state index in [1.54, 1.807) is 24.6 Å². The van der Waals surface area contributed by atoms with E-state index in [9.17, 15) is 8.42 Å². The van der Waals surface area contributed by atoms with Crippen LogP contribution in [0.15, 0.2) is 26.7 Å². The van der Waals surface area contributed by atoms with E-state index in [1.165, 1.54) is 11.3 Å². The normalized spacial score (nSPS) is 18.2. The molecule has 2 rings (SSSR count). The maximum absolute atomic E-state index is 12.0. The fourth-order valence-corrected chi connectivity index (χ4v) is 4.50. The third-order valence-corrected chi connectivity index (χ3v) is 6.45. The number of thiophene rings is 1. The number of sulfonamides is 1. The monoisotopic (exact) mass is 488 g/mol. The minimum atomic E-state index is -3.40. The van der Waals surface area contributed by atoms with Crippen molar-refractivity contribution >= 4 is 51.3 Å². The number of hydrogen-bond donors (Lipinski definition) is 2. The lowest BCUT2D eigenvalue weighted by Gasteiger charge is -2.24. The number of rotatable bonds is 7. The molecule has 0 spiro atoms. The van der Waals surface area contributed by atoms with Crippen LogP contribution >= 0.6 is 35.3 Å². The first-order valence-electron chi connectivity index (χ1n) is 7.55. The van der Waals surface area contributed by atoms with Gasteiger partial charge in [-0.25, -0.2) is 13.1 Å². The molecule has 1 aromatic heterocycles. The number of hydrogen-bond acceptors (Lipinski definition) is 5. The summed E-state index contributed by atoms with van der Waals surface area (Å²) in [7, 11) is 0.296. The quantitative estimate of drug-likeness (QED) is 0.261. The first-order chi connectivity index (χ1) is 11.0. The Morgan fingerprint density at radius 3 is 2.88 bits per heavy atom. The molecule has 2 heterocycles. The van der Waals surface area contributed by atoms with Crippen LogP contribution in [0.2, 0.25) is 0 Å². The zero-order valence-electron chi connectivity index (χ0n) is 13.9. The fraction of sp³-hybridized carbons (Fsp3) is 0.643. The van der Waals surface area contributed by atoms with E-state index < -0.39 is 10.0 Å². The van der Waals surface area contributed by atoms with E-state index in [0.717, 1.165) is 32.1 Å². The summed E-state index contributed by atoms with van der Waals surface area (Å²) in [4.78, 5) is 6.28. The molecule has 1 unspecified atom stereocenters. The molecule has 0 aromatic carbocycles. The Hall–Kier alpha value is -0.430. The van der Waals surface area contributed by atoms with E-state index in [0.29, 0.717) is 23.2 Å². The molecule has 0 saturated carbocycles. The van der Waals surface area contributed by atoms with Crippen LogP contribution in [0.3, 0.4) is 0 Å². The van der Waals surface area contributed by atoms with Gasteiger partial charge in [-0.15, -0.1) is 35.3 Å². The SMILES string of the molecule is CN=C(NCCNS(=O)(=O)c1cccs1)N(C)CC1CCOC1.I. The van der Waals surface area contributed by atoms with Crippen LogP contribution in [0, 0.1) is 5.92 Å². The molecule has 1 aromatic rings. The highest BCUT2D eigenvalue weighted by Gasteiger charge is 2.19. The Labute approximate surface area is 164 Å². The number of nitrogens with zero attached hydrogens (tertiary/aromatic N) is 2. The average molecular weight is 488 g/mol. The Morgan fingerprint density at radius 1 is 1.50 bits per heavy atom. The third-order valence-electron chi connectivity index (χ3n) is 3.59. The number of halogens is 1. The molecule has 0 radical (unpaired) electrons. The minimum absolute atomic E-state index is 0. The lowest BCUT2D eigenvalue weighted by molar-refractivity contribution is 0.181. The number of ether oxygens (including phenoxy) is 1. The first-order valence-corrected chi connectivity index (χ1v) is 9.92. The lowest BCUT2D eigenvalue weighted by atomic mass is 10.1. The molecule has 0 amide bonds. The Balaban J connectivity index is 0.00000288. The summed E-state index contributed by atoms with van der Waals surface area (Å²) in [5.74, 6) is 1.28. The van der Waals surface area contributed by atoms with E-state index in [4.69, 9.17) is 4.74 Å². The summed E-state index contributed by atoms with van der Waals surface area (Å²) in [6.45, 7) is 3.28. The second-order valence-corrected chi connectivity index (χ2v) is 8.36. The average Bonchev–Trinajstić information content (AvgIpc) is 3.20. The fourth-order valence-electron chi connectivity index (χ4n) is 2.43. The molecule has 138 valence electrons. The van der Waals surface area contributed by atoms with Gasteiger partial charge in [0.05, 0.1) is 6.61 Å². The van der Waals surface area contributed by atoms with Gasteiger partial charge in [-0.1, -0.05) is 6.07 Å². The summed E-state index contributed by atoms with van der Waals surface area (Å²) in [5.41, 5.74) is 0. The number of nitrogens with one attached hydrogen (secondary N) is 2. The molecular weight excluding hydrogens is 463 g/mol. The van der Waals surface area contributed by atoms with Gasteiger partial charge in [0.25, 0.3) is 0 Å². The van der Waals surface area contributed by atoms with E-state index >= 15 is 0 Å². The van der Waals surface area contributed by atoms with Crippen molar-refractivity contribution in [3.63, 3.8) is 0 Å². The van der Waals surface area contributed by atoms with Crippen LogP contribution in [0.25, 0.3) is 0 Å². The van der Waals surface area contributed by atoms with Gasteiger partial charge in [0.1, 0.15) is 4.21 Å². The smallest absolute Gasteiger partial charge is 0.250 e. The molecule has 24 heavy (non-hydrogen) atoms. The van der Waals surface area contributed by atoms with E-state index in [2.05, 4.69) is 15.0 Å². The summed E-state index contributed by atoms with van der Waals surface area (Å²) in [5, 5.41) is 4.92. The van der Waals surface area contributed by atoms with Crippen molar-refractivity contribution < 1.29 is 13.2 Å². The van der Waals surface area contributed by atoms with Gasteiger partial charge in [-0.2, -0.15) is 0 Å². The van der Waals surface area contributed by atoms with Crippen LogP contribution in [-0.2, 0) is 14.8 Å². The van der Waals surface area contributed by atoms with Crippen molar-refractivity contribution in [1.82, 2.24) is 14.9 Å². The molecule has 1 aliphatic heterocycles. The molecule has 1 fully saturated rings. The van der Waals surface area contributed by atoms with Crippen LogP contribution in [0.4, 0.5) is 0 Å². The zero-order chi connectivity index (χ0) is 16.7. The molecule has 2 N–H and O–H groups in total. The van der Waals surface area contributed by atoms with Crippen molar-refractivity contribution in [3.8, 4) is 0 Å². The zero-order valence-corrected chi connectivity index (χ0v) is 17.9. The summed E-state index contributed by atoms with van der Waals surface area (Å²) < 4.78 is 32.3. The molecular formula is C14H25IN4O3S2. The van der Waals surface area contributed by atoms with Crippen LogP contribution in [0.1, 0.15) is 6.42 Å². The van der Waals surface area contributed by atoms with Crippen molar-refractivity contribution in [3.05, 3.63) is 17.5 Å². The summed E-state index contributed by atoms with van der Waals surface area (Å²) in [6.07, 6.45) is 1.07. The van der Waals surface area contributed by atoms with Gasteiger partial charge in [0.15, 0.2) is 5.96 Å². The van der Waals surface area contributed by atoms with Crippen molar-refractivity contribution in [2.24, 2.45) is 10.9 Å². The minimum Gasteiger partial charge on any atom is -0.381 e. The predicted molar refractivity (Wildman–Crippen MR) is 108 cm³/mol. The first kappa shape index (κ1) is 21.6. The second kappa shape index (κ2) is 10.5. The Morgan fingerprint density at radius 2 is 2.29 bits per heavy atom. The van der Waals surface area contributed by atoms with Gasteiger partial charge in [0, 0.05) is 46.3 Å². The summed E-state index contributed by atoms with van der Waals surface area (Å²) in [6, 6.07) is 3.32. The highest BCUT2D eigenvalue weighted by atomic mass is 127. The topological polar surface area (TPSA) is 83.0 Å². The summed E-state index contributed by atoms with van der Waals surface area (Å²) >= 11 is 1.21. The molecule has 1 saturated heterocycles. The number of guanidine groups is 1. The van der Waals surface area contributed by atoms with E-state index in [-0.39, 0.29) is 24.0 Å². The standard InChI is InChI=1S/C14H24N4O3S2.HI/c1-15-14(18(2)10-12-5-8-21-11-12)16-6-7-17-23(19,20)13-4-3-9-22-13;/h3-4,9,12,17H,5-8,10-11H2,1-2H3,(H,15,16);1H. The molecule has 0 bridgehead atoms. The van der Waals surface area contributed by atoms with E-state index in [1.807, 2.05) is 11.9 Å². The molecule has 1 atom stereocenters. The van der Waals surface area contributed by atoms with Crippen molar-refractivity contribution in [2.75, 3.05) is 46.9 Å². The Kier molecular flexibility index (Phi) is 9.49. The second-order valence-electron chi connectivity index (χ2n) is 5.41. The molecule has 0 aliphatic carbocycles. The Bertz CT molecular complexity index is 602. The van der Waals surface area contributed by atoms with Gasteiger partial charge in [-0.05, 0) is 17.9 Å². The van der Waals surface area contributed by atoms with Gasteiger partial charge in [-0.3, -0.25) is 4.99 Å². The molecule has 10 heteroatoms. The maximum atomic E-state index is 12.0. The lowest BCUT2D eigenvalue weighted by Crippen LogP contribution is -2.44. The third kappa shape index (κ3) is 6.47. The highest BCUT2D eigenvalue weighted by Crippen LogP contribution is 2.15. The van der Waals surface area contributed by atoms with Crippen molar-refractivity contribution in [2.45, 2.75) is 10.6 Å². The molecule has 7 nitrogen and oxygen atoms in total. The van der Waals surface area contributed by atoms with Gasteiger partial charge in [0.2, 0.25) is 10.0 Å². The van der Waals surface area contributed by atoms with Crippen molar-refractivity contribution in [1.29, 1.82) is 0 Å². The maximum Gasteiger partial charge on any atom is 0.250 e. The number of aliphatic imine (C=N–C) groups is 1. The predicted octanol–water partition coefficient (Wildman–Crippen LogP) is 1.19. The van der Waals surface area contributed by atoms with Crippen LogP contribution in [-0.4, -0.2) is 66.2 Å². The highest BCUT2D eigenvalue weighted by molar-refractivity contribution is 14.0. The van der Waals surface area contributed by atoms with Crippen LogP contribution in [0.5, 0.6) is 0 Å². The van der Waals surface area contributed by atoms with Crippen LogP contribution < -0.4 is 10.0 Å². The largest absolute Gasteiger partial charge is 0.381 e.